The topological polar surface area (TPSA) is 67.2 Å². The Morgan fingerprint density at radius 1 is 1.38 bits per heavy atom. The van der Waals surface area contributed by atoms with Crippen LogP contribution in [0.2, 0.25) is 0 Å². The Kier molecular flexibility index (Phi) is 4.75. The summed E-state index contributed by atoms with van der Waals surface area (Å²) in [6, 6.07) is 7.41. The summed E-state index contributed by atoms with van der Waals surface area (Å²) in [7, 11) is 0. The summed E-state index contributed by atoms with van der Waals surface area (Å²) in [6.07, 6.45) is 6.66. The van der Waals surface area contributed by atoms with Gasteiger partial charge in [-0.25, -0.2) is 4.98 Å². The molecule has 0 aliphatic rings. The number of rotatable bonds is 6. The number of carbonyl (C=O) groups excluding carboxylic acids is 1. The van der Waals surface area contributed by atoms with Crippen molar-refractivity contribution in [2.75, 3.05) is 6.61 Å². The average molecular weight is 287 g/mol. The molecule has 0 saturated heterocycles. The summed E-state index contributed by atoms with van der Waals surface area (Å²) in [5.41, 5.74) is 0.119. The van der Waals surface area contributed by atoms with Crippen molar-refractivity contribution in [1.82, 2.24) is 14.9 Å². The Labute approximate surface area is 124 Å². The molecule has 2 aromatic heterocycles. The van der Waals surface area contributed by atoms with E-state index in [1.807, 2.05) is 49.0 Å². The minimum atomic E-state index is -0.398. The number of nitrogens with one attached hydrogen (secondary N) is 1. The molecule has 0 spiro atoms. The fraction of sp³-hybridized carbons (Fsp3) is 0.375. The molecule has 0 bridgehead atoms. The fourth-order valence-corrected chi connectivity index (χ4v) is 2.08. The second-order valence-electron chi connectivity index (χ2n) is 5.34. The molecule has 21 heavy (non-hydrogen) atoms. The molecule has 2 rings (SSSR count). The van der Waals surface area contributed by atoms with Crippen molar-refractivity contribution in [3.8, 4) is 5.82 Å². The summed E-state index contributed by atoms with van der Waals surface area (Å²) >= 11 is 0. The van der Waals surface area contributed by atoms with Gasteiger partial charge in [0.15, 0.2) is 0 Å². The van der Waals surface area contributed by atoms with Crippen LogP contribution < -0.4 is 5.32 Å². The van der Waals surface area contributed by atoms with Crippen molar-refractivity contribution < 1.29 is 9.90 Å². The molecule has 1 atom stereocenters. The van der Waals surface area contributed by atoms with Gasteiger partial charge in [0.05, 0.1) is 5.56 Å². The molecule has 112 valence electrons. The summed E-state index contributed by atoms with van der Waals surface area (Å²) in [5.74, 6) is 0.601. The summed E-state index contributed by atoms with van der Waals surface area (Å²) in [5, 5.41) is 12.1. The van der Waals surface area contributed by atoms with Crippen LogP contribution in [0.1, 0.15) is 37.0 Å². The number of aromatic nitrogens is 2. The summed E-state index contributed by atoms with van der Waals surface area (Å²) in [6.45, 7) is 3.97. The molecule has 2 N–H and O–H groups in total. The van der Waals surface area contributed by atoms with Crippen LogP contribution in [0.25, 0.3) is 5.82 Å². The first-order chi connectivity index (χ1) is 10.1. The van der Waals surface area contributed by atoms with Gasteiger partial charge in [0.1, 0.15) is 5.82 Å². The molecule has 0 saturated carbocycles. The third kappa shape index (κ3) is 3.70. The highest BCUT2D eigenvalue weighted by molar-refractivity contribution is 5.94. The highest BCUT2D eigenvalue weighted by Crippen LogP contribution is 2.15. The van der Waals surface area contributed by atoms with E-state index in [1.54, 1.807) is 12.3 Å². The lowest BCUT2D eigenvalue weighted by molar-refractivity contribution is 0.0886. The minimum absolute atomic E-state index is 0.0510. The third-order valence-corrected chi connectivity index (χ3v) is 3.74. The Morgan fingerprint density at radius 2 is 2.10 bits per heavy atom. The Bertz CT molecular complexity index is 578. The molecule has 2 heterocycles. The van der Waals surface area contributed by atoms with Crippen molar-refractivity contribution in [3.05, 3.63) is 48.4 Å². The molecule has 1 amide bonds. The van der Waals surface area contributed by atoms with Crippen molar-refractivity contribution in [1.29, 1.82) is 0 Å². The summed E-state index contributed by atoms with van der Waals surface area (Å²) < 4.78 is 1.88. The third-order valence-electron chi connectivity index (χ3n) is 3.74. The van der Waals surface area contributed by atoms with Gasteiger partial charge in [0.25, 0.3) is 5.91 Å². The number of nitrogens with zero attached hydrogens (tertiary/aromatic N) is 2. The van der Waals surface area contributed by atoms with E-state index >= 15 is 0 Å². The first kappa shape index (κ1) is 15.3. The molecule has 1 unspecified atom stereocenters. The maximum atomic E-state index is 12.3. The first-order valence-corrected chi connectivity index (χ1v) is 7.11. The number of hydrogen-bond donors (Lipinski definition) is 2. The van der Waals surface area contributed by atoms with Gasteiger partial charge in [-0.15, -0.1) is 0 Å². The molecule has 0 aromatic carbocycles. The monoisotopic (exact) mass is 287 g/mol. The summed E-state index contributed by atoms with van der Waals surface area (Å²) in [4.78, 5) is 16.5. The van der Waals surface area contributed by atoms with Gasteiger partial charge < -0.3 is 15.0 Å². The van der Waals surface area contributed by atoms with Crippen molar-refractivity contribution >= 4 is 5.91 Å². The number of hydrogen-bond acceptors (Lipinski definition) is 3. The zero-order valence-corrected chi connectivity index (χ0v) is 12.4. The van der Waals surface area contributed by atoms with E-state index < -0.39 is 5.54 Å². The van der Waals surface area contributed by atoms with Crippen molar-refractivity contribution in [2.24, 2.45) is 0 Å². The van der Waals surface area contributed by atoms with Crippen molar-refractivity contribution in [2.45, 2.75) is 32.2 Å². The standard InChI is InChI=1S/C16H21N3O2/c1-3-16(2,8-11-20)18-15(21)13-6-7-14(17-12-13)19-9-4-5-10-19/h4-7,9-10,12,20H,3,8,11H2,1-2H3,(H,18,21). The predicted molar refractivity (Wildman–Crippen MR) is 81.4 cm³/mol. The van der Waals surface area contributed by atoms with Gasteiger partial charge in [0, 0.05) is 30.7 Å². The number of amides is 1. The van der Waals surface area contributed by atoms with Crippen LogP contribution in [0.4, 0.5) is 0 Å². The molecular weight excluding hydrogens is 266 g/mol. The second-order valence-corrected chi connectivity index (χ2v) is 5.34. The highest BCUT2D eigenvalue weighted by Gasteiger charge is 2.24. The lowest BCUT2D eigenvalue weighted by Crippen LogP contribution is -2.46. The van der Waals surface area contributed by atoms with E-state index in [4.69, 9.17) is 5.11 Å². The van der Waals surface area contributed by atoms with E-state index in [9.17, 15) is 4.79 Å². The normalized spacial score (nSPS) is 13.7. The van der Waals surface area contributed by atoms with Gasteiger partial charge in [-0.2, -0.15) is 0 Å². The van der Waals surface area contributed by atoms with E-state index in [0.29, 0.717) is 12.0 Å². The minimum Gasteiger partial charge on any atom is -0.396 e. The van der Waals surface area contributed by atoms with E-state index in [2.05, 4.69) is 10.3 Å². The Hall–Kier alpha value is -2.14. The van der Waals surface area contributed by atoms with E-state index in [-0.39, 0.29) is 12.5 Å². The maximum Gasteiger partial charge on any atom is 0.253 e. The fourth-order valence-electron chi connectivity index (χ4n) is 2.08. The lowest BCUT2D eigenvalue weighted by atomic mass is 9.94. The molecule has 5 heteroatoms. The zero-order chi connectivity index (χ0) is 15.3. The maximum absolute atomic E-state index is 12.3. The molecule has 0 aliphatic heterocycles. The van der Waals surface area contributed by atoms with Crippen LogP contribution in [0, 0.1) is 0 Å². The average Bonchev–Trinajstić information content (AvgIpc) is 3.02. The van der Waals surface area contributed by atoms with E-state index in [0.717, 1.165) is 12.2 Å². The number of carbonyl (C=O) groups is 1. The second kappa shape index (κ2) is 6.54. The van der Waals surface area contributed by atoms with Gasteiger partial charge >= 0.3 is 0 Å². The lowest BCUT2D eigenvalue weighted by Gasteiger charge is -2.29. The SMILES string of the molecule is CCC(C)(CCO)NC(=O)c1ccc(-n2cccc2)nc1. The van der Waals surface area contributed by atoms with Crippen LogP contribution in [0.3, 0.4) is 0 Å². The van der Waals surface area contributed by atoms with Gasteiger partial charge in [-0.1, -0.05) is 6.92 Å². The van der Waals surface area contributed by atoms with Gasteiger partial charge in [-0.3, -0.25) is 4.79 Å². The van der Waals surface area contributed by atoms with Crippen LogP contribution in [0.5, 0.6) is 0 Å². The molecule has 0 radical (unpaired) electrons. The highest BCUT2D eigenvalue weighted by atomic mass is 16.3. The van der Waals surface area contributed by atoms with Gasteiger partial charge in [0.2, 0.25) is 0 Å². The molecule has 0 aliphatic carbocycles. The smallest absolute Gasteiger partial charge is 0.253 e. The zero-order valence-electron chi connectivity index (χ0n) is 12.4. The first-order valence-electron chi connectivity index (χ1n) is 7.11. The van der Waals surface area contributed by atoms with Crippen LogP contribution in [0.15, 0.2) is 42.9 Å². The van der Waals surface area contributed by atoms with Crippen molar-refractivity contribution in [3.63, 3.8) is 0 Å². The van der Waals surface area contributed by atoms with Crippen LogP contribution >= 0.6 is 0 Å². The Morgan fingerprint density at radius 3 is 2.62 bits per heavy atom. The Balaban J connectivity index is 2.10. The molecule has 2 aromatic rings. The molecular formula is C16H21N3O2. The number of aliphatic hydroxyl groups excluding tert-OH is 1. The van der Waals surface area contributed by atoms with E-state index in [1.165, 1.54) is 0 Å². The van der Waals surface area contributed by atoms with Crippen LogP contribution in [-0.4, -0.2) is 32.7 Å². The van der Waals surface area contributed by atoms with Crippen LogP contribution in [-0.2, 0) is 0 Å². The van der Waals surface area contributed by atoms with Gasteiger partial charge in [-0.05, 0) is 44.0 Å². The molecule has 5 nitrogen and oxygen atoms in total. The number of pyridine rings is 1. The predicted octanol–water partition coefficient (Wildman–Crippen LogP) is 2.15. The quantitative estimate of drug-likeness (QED) is 0.855. The molecule has 0 fully saturated rings. The largest absolute Gasteiger partial charge is 0.396 e. The number of aliphatic hydroxyl groups is 1.